The maximum absolute atomic E-state index is 12.6. The maximum atomic E-state index is 12.6. The lowest BCUT2D eigenvalue weighted by atomic mass is 9.98. The Balaban J connectivity index is 1.34. The number of carboxylic acid groups (broad SMARTS) is 1. The highest BCUT2D eigenvalue weighted by atomic mass is 16.5. The number of amides is 2. The first kappa shape index (κ1) is 23.9. The van der Waals surface area contributed by atoms with Gasteiger partial charge in [-0.1, -0.05) is 54.6 Å². The molecule has 8 nitrogen and oxygen atoms in total. The second-order valence-electron chi connectivity index (χ2n) is 8.49. The van der Waals surface area contributed by atoms with E-state index < -0.39 is 30.4 Å². The molecule has 2 amide bonds. The Bertz CT molecular complexity index is 1180. The third-order valence-corrected chi connectivity index (χ3v) is 5.98. The molecule has 180 valence electrons. The van der Waals surface area contributed by atoms with E-state index >= 15 is 0 Å². The molecule has 2 aromatic carbocycles. The largest absolute Gasteiger partial charge is 0.481 e. The number of aromatic nitrogens is 1. The summed E-state index contributed by atoms with van der Waals surface area (Å²) in [5.74, 6) is -1.93. The lowest BCUT2D eigenvalue weighted by Gasteiger charge is -2.18. The predicted molar refractivity (Wildman–Crippen MR) is 130 cm³/mol. The van der Waals surface area contributed by atoms with Gasteiger partial charge >= 0.3 is 12.1 Å². The van der Waals surface area contributed by atoms with Gasteiger partial charge in [-0.25, -0.2) is 4.79 Å². The van der Waals surface area contributed by atoms with Gasteiger partial charge in [-0.05, 0) is 40.8 Å². The minimum Gasteiger partial charge on any atom is -0.481 e. The topological polar surface area (TPSA) is 118 Å². The van der Waals surface area contributed by atoms with Crippen LogP contribution >= 0.6 is 0 Å². The van der Waals surface area contributed by atoms with Gasteiger partial charge in [0.05, 0.1) is 6.42 Å². The number of aryl methyl sites for hydroxylation is 1. The molecule has 1 atom stereocenters. The number of hydrogen-bond acceptors (Lipinski definition) is 5. The monoisotopic (exact) mass is 473 g/mol. The van der Waals surface area contributed by atoms with Crippen LogP contribution in [-0.2, 0) is 20.7 Å². The van der Waals surface area contributed by atoms with Crippen molar-refractivity contribution >= 4 is 18.0 Å². The predicted octanol–water partition coefficient (Wildman–Crippen LogP) is 3.43. The molecule has 1 aliphatic carbocycles. The van der Waals surface area contributed by atoms with Crippen LogP contribution in [0.15, 0.2) is 66.9 Å². The number of benzene rings is 2. The van der Waals surface area contributed by atoms with Gasteiger partial charge in [0.25, 0.3) is 0 Å². The number of carbonyl (C=O) groups is 3. The average molecular weight is 474 g/mol. The standard InChI is InChI=1S/C27H27N3O5/c1-17-10-11-18(29-15-17)12-13-28-26(33)24(14-25(31)32)30-27(34)35-16-23-21-8-4-2-6-19(21)20-7-3-5-9-22(20)23/h2-11,15,23-24H,12-14,16H2,1H3,(H,28,33)(H,30,34)(H,31,32). The molecule has 4 rings (SSSR count). The Labute approximate surface area is 203 Å². The van der Waals surface area contributed by atoms with Gasteiger partial charge in [0.2, 0.25) is 5.91 Å². The van der Waals surface area contributed by atoms with Crippen molar-refractivity contribution in [2.24, 2.45) is 0 Å². The fourth-order valence-corrected chi connectivity index (χ4v) is 4.25. The summed E-state index contributed by atoms with van der Waals surface area (Å²) < 4.78 is 5.45. The van der Waals surface area contributed by atoms with Crippen LogP contribution in [0, 0.1) is 6.92 Å². The lowest BCUT2D eigenvalue weighted by Crippen LogP contribution is -2.48. The minimum absolute atomic E-state index is 0.0698. The summed E-state index contributed by atoms with van der Waals surface area (Å²) in [6.07, 6.45) is 0.826. The zero-order valence-corrected chi connectivity index (χ0v) is 19.4. The number of hydrogen-bond donors (Lipinski definition) is 3. The molecule has 0 saturated heterocycles. The lowest BCUT2D eigenvalue weighted by molar-refractivity contribution is -0.139. The van der Waals surface area contributed by atoms with Crippen LogP contribution in [-0.4, -0.2) is 47.3 Å². The highest BCUT2D eigenvalue weighted by Gasteiger charge is 2.30. The van der Waals surface area contributed by atoms with Gasteiger partial charge in [-0.3, -0.25) is 14.6 Å². The van der Waals surface area contributed by atoms with Crippen LogP contribution in [0.4, 0.5) is 4.79 Å². The summed E-state index contributed by atoms with van der Waals surface area (Å²) in [7, 11) is 0. The van der Waals surface area contributed by atoms with Gasteiger partial charge in [-0.2, -0.15) is 0 Å². The molecule has 1 unspecified atom stereocenters. The fourth-order valence-electron chi connectivity index (χ4n) is 4.25. The van der Waals surface area contributed by atoms with Crippen molar-refractivity contribution in [3.05, 3.63) is 89.2 Å². The number of fused-ring (bicyclic) bond motifs is 3. The van der Waals surface area contributed by atoms with Gasteiger partial charge in [-0.15, -0.1) is 0 Å². The quantitative estimate of drug-likeness (QED) is 0.438. The summed E-state index contributed by atoms with van der Waals surface area (Å²) in [5.41, 5.74) is 6.16. The third kappa shape index (κ3) is 5.84. The number of ether oxygens (including phenoxy) is 1. The van der Waals surface area contributed by atoms with Crippen LogP contribution in [0.1, 0.15) is 34.7 Å². The van der Waals surface area contributed by atoms with E-state index in [-0.39, 0.29) is 19.1 Å². The first-order valence-corrected chi connectivity index (χ1v) is 11.4. The van der Waals surface area contributed by atoms with Crippen molar-refractivity contribution in [3.8, 4) is 11.1 Å². The molecule has 0 bridgehead atoms. The van der Waals surface area contributed by atoms with Crippen molar-refractivity contribution in [1.29, 1.82) is 0 Å². The van der Waals surface area contributed by atoms with Crippen molar-refractivity contribution < 1.29 is 24.2 Å². The smallest absolute Gasteiger partial charge is 0.407 e. The first-order chi connectivity index (χ1) is 16.9. The molecular weight excluding hydrogens is 446 g/mol. The van der Waals surface area contributed by atoms with E-state index in [1.807, 2.05) is 67.6 Å². The molecule has 1 aliphatic rings. The third-order valence-electron chi connectivity index (χ3n) is 5.98. The molecular formula is C27H27N3O5. The van der Waals surface area contributed by atoms with Gasteiger partial charge < -0.3 is 20.5 Å². The Morgan fingerprint density at radius 3 is 2.26 bits per heavy atom. The Hall–Kier alpha value is -4.20. The Kier molecular flexibility index (Phi) is 7.40. The first-order valence-electron chi connectivity index (χ1n) is 11.4. The number of nitrogens with one attached hydrogen (secondary N) is 2. The van der Waals surface area contributed by atoms with E-state index in [0.717, 1.165) is 33.5 Å². The van der Waals surface area contributed by atoms with Crippen LogP contribution < -0.4 is 10.6 Å². The van der Waals surface area contributed by atoms with E-state index in [4.69, 9.17) is 4.74 Å². The van der Waals surface area contributed by atoms with Crippen molar-refractivity contribution in [2.75, 3.05) is 13.2 Å². The molecule has 3 aromatic rings. The summed E-state index contributed by atoms with van der Waals surface area (Å²) in [5, 5.41) is 14.3. The number of rotatable bonds is 9. The maximum Gasteiger partial charge on any atom is 0.407 e. The number of pyridine rings is 1. The summed E-state index contributed by atoms with van der Waals surface area (Å²) in [6.45, 7) is 2.27. The summed E-state index contributed by atoms with van der Waals surface area (Å²) >= 11 is 0. The van der Waals surface area contributed by atoms with Crippen LogP contribution in [0.25, 0.3) is 11.1 Å². The molecule has 3 N–H and O–H groups in total. The molecule has 35 heavy (non-hydrogen) atoms. The second-order valence-corrected chi connectivity index (χ2v) is 8.49. The Morgan fingerprint density at radius 1 is 1.00 bits per heavy atom. The van der Waals surface area contributed by atoms with Crippen LogP contribution in [0.3, 0.4) is 0 Å². The SMILES string of the molecule is Cc1ccc(CCNC(=O)C(CC(=O)O)NC(=O)OCC2c3ccccc3-c3ccccc32)nc1. The number of carboxylic acids is 1. The molecule has 0 saturated carbocycles. The number of carbonyl (C=O) groups excluding carboxylic acids is 2. The van der Waals surface area contributed by atoms with Crippen LogP contribution in [0.5, 0.6) is 0 Å². The fraction of sp³-hybridized carbons (Fsp3) is 0.259. The second kappa shape index (κ2) is 10.8. The van der Waals surface area contributed by atoms with Crippen molar-refractivity contribution in [1.82, 2.24) is 15.6 Å². The molecule has 0 aliphatic heterocycles. The zero-order valence-electron chi connectivity index (χ0n) is 19.4. The summed E-state index contributed by atoms with van der Waals surface area (Å²) in [6, 6.07) is 18.4. The van der Waals surface area contributed by atoms with Gasteiger partial charge in [0.1, 0.15) is 12.6 Å². The number of alkyl carbamates (subject to hydrolysis) is 1. The molecule has 0 spiro atoms. The molecule has 1 heterocycles. The highest BCUT2D eigenvalue weighted by molar-refractivity contribution is 5.89. The molecule has 0 radical (unpaired) electrons. The zero-order chi connectivity index (χ0) is 24.8. The number of nitrogens with zero attached hydrogens (tertiary/aromatic N) is 1. The molecule has 0 fully saturated rings. The van der Waals surface area contributed by atoms with Gasteiger partial charge in [0, 0.05) is 30.8 Å². The van der Waals surface area contributed by atoms with Crippen molar-refractivity contribution in [2.45, 2.75) is 31.7 Å². The highest BCUT2D eigenvalue weighted by Crippen LogP contribution is 2.44. The summed E-state index contributed by atoms with van der Waals surface area (Å²) in [4.78, 5) is 40.7. The van der Waals surface area contributed by atoms with Crippen molar-refractivity contribution in [3.63, 3.8) is 0 Å². The minimum atomic E-state index is -1.26. The molecule has 8 heteroatoms. The van der Waals surface area contributed by atoms with E-state index in [2.05, 4.69) is 15.6 Å². The average Bonchev–Trinajstić information content (AvgIpc) is 3.17. The van der Waals surface area contributed by atoms with E-state index in [1.165, 1.54) is 0 Å². The molecule has 1 aromatic heterocycles. The van der Waals surface area contributed by atoms with Crippen LogP contribution in [0.2, 0.25) is 0 Å². The normalized spacial score (nSPS) is 12.8. The van der Waals surface area contributed by atoms with Gasteiger partial charge in [0.15, 0.2) is 0 Å². The van der Waals surface area contributed by atoms with E-state index in [1.54, 1.807) is 6.20 Å². The van der Waals surface area contributed by atoms with E-state index in [9.17, 15) is 19.5 Å². The van der Waals surface area contributed by atoms with E-state index in [0.29, 0.717) is 6.42 Å². The Morgan fingerprint density at radius 2 is 1.66 bits per heavy atom. The number of aliphatic carboxylic acids is 1.